The zero-order chi connectivity index (χ0) is 16.3. The van der Waals surface area contributed by atoms with Crippen molar-refractivity contribution in [1.29, 1.82) is 0 Å². The Balaban J connectivity index is 2.83. The minimum Gasteiger partial charge on any atom is -0.462 e. The van der Waals surface area contributed by atoms with Gasteiger partial charge in [-0.1, -0.05) is 0 Å². The summed E-state index contributed by atoms with van der Waals surface area (Å²) >= 11 is 0. The number of pyridine rings is 1. The molecule has 0 bridgehead atoms. The molecule has 0 unspecified atom stereocenters. The van der Waals surface area contributed by atoms with Crippen LogP contribution in [0.3, 0.4) is 0 Å². The number of fused-ring (bicyclic) bond motifs is 1. The van der Waals surface area contributed by atoms with Crippen LogP contribution in [0, 0.1) is 11.6 Å². The van der Waals surface area contributed by atoms with E-state index in [0.29, 0.717) is 18.8 Å². The van der Waals surface area contributed by atoms with Crippen molar-refractivity contribution in [3.05, 3.63) is 35.5 Å². The Morgan fingerprint density at radius 3 is 2.41 bits per heavy atom. The Morgan fingerprint density at radius 1 is 1.18 bits per heavy atom. The molecule has 0 saturated heterocycles. The zero-order valence-corrected chi connectivity index (χ0v) is 12.8. The van der Waals surface area contributed by atoms with Gasteiger partial charge in [0.1, 0.15) is 22.7 Å². The van der Waals surface area contributed by atoms with E-state index < -0.39 is 17.6 Å². The number of esters is 1. The Hall–Kier alpha value is -2.24. The van der Waals surface area contributed by atoms with Gasteiger partial charge in [0.05, 0.1) is 17.7 Å². The highest BCUT2D eigenvalue weighted by Gasteiger charge is 2.23. The van der Waals surface area contributed by atoms with Crippen LogP contribution in [-0.4, -0.2) is 30.6 Å². The van der Waals surface area contributed by atoms with Crippen molar-refractivity contribution in [1.82, 2.24) is 4.98 Å². The lowest BCUT2D eigenvalue weighted by molar-refractivity contribution is 0.0527. The number of benzene rings is 1. The average molecular weight is 308 g/mol. The van der Waals surface area contributed by atoms with Crippen molar-refractivity contribution in [3.63, 3.8) is 0 Å². The van der Waals surface area contributed by atoms with Gasteiger partial charge in [0.15, 0.2) is 0 Å². The molecule has 0 amide bonds. The van der Waals surface area contributed by atoms with Crippen molar-refractivity contribution < 1.29 is 18.3 Å². The van der Waals surface area contributed by atoms with Crippen LogP contribution in [-0.2, 0) is 4.74 Å². The standard InChI is InChI=1S/C16H18F2N2O2/c1-4-20(5-2)15-10(16(21)22-6-3)9-19-14-12(18)8-7-11(17)13(14)15/h7-9H,4-6H2,1-3H3. The molecule has 22 heavy (non-hydrogen) atoms. The van der Waals surface area contributed by atoms with E-state index in [-0.39, 0.29) is 23.1 Å². The summed E-state index contributed by atoms with van der Waals surface area (Å²) in [6.07, 6.45) is 1.25. The molecule has 0 spiro atoms. The number of carbonyl (C=O) groups is 1. The SMILES string of the molecule is CCOC(=O)c1cnc2c(F)ccc(F)c2c1N(CC)CC. The van der Waals surface area contributed by atoms with E-state index in [1.165, 1.54) is 6.20 Å². The Bertz CT molecular complexity index is 700. The molecule has 0 aliphatic heterocycles. The molecule has 0 N–H and O–H groups in total. The summed E-state index contributed by atoms with van der Waals surface area (Å²) < 4.78 is 33.2. The van der Waals surface area contributed by atoms with Gasteiger partial charge in [-0.05, 0) is 32.9 Å². The first-order valence-corrected chi connectivity index (χ1v) is 7.23. The van der Waals surface area contributed by atoms with Gasteiger partial charge in [-0.2, -0.15) is 0 Å². The molecular weight excluding hydrogens is 290 g/mol. The molecule has 1 heterocycles. The second-order valence-corrected chi connectivity index (χ2v) is 4.67. The summed E-state index contributed by atoms with van der Waals surface area (Å²) in [6.45, 7) is 6.71. The number of rotatable bonds is 5. The lowest BCUT2D eigenvalue weighted by atomic mass is 10.1. The zero-order valence-electron chi connectivity index (χ0n) is 12.8. The van der Waals surface area contributed by atoms with Gasteiger partial charge >= 0.3 is 5.97 Å². The van der Waals surface area contributed by atoms with E-state index >= 15 is 0 Å². The number of nitrogens with zero attached hydrogens (tertiary/aromatic N) is 2. The highest BCUT2D eigenvalue weighted by atomic mass is 19.1. The largest absolute Gasteiger partial charge is 0.462 e. The Morgan fingerprint density at radius 2 is 1.82 bits per heavy atom. The molecule has 1 aromatic carbocycles. The van der Waals surface area contributed by atoms with Crippen molar-refractivity contribution in [2.45, 2.75) is 20.8 Å². The number of ether oxygens (including phenoxy) is 1. The quantitative estimate of drug-likeness (QED) is 0.792. The van der Waals surface area contributed by atoms with Crippen molar-refractivity contribution in [2.75, 3.05) is 24.6 Å². The second-order valence-electron chi connectivity index (χ2n) is 4.67. The summed E-state index contributed by atoms with van der Waals surface area (Å²) in [5.41, 5.74) is 0.378. The fourth-order valence-electron chi connectivity index (χ4n) is 2.44. The summed E-state index contributed by atoms with van der Waals surface area (Å²) in [4.78, 5) is 17.8. The molecule has 1 aromatic heterocycles. The third kappa shape index (κ3) is 2.73. The fraction of sp³-hybridized carbons (Fsp3) is 0.375. The number of halogens is 2. The summed E-state index contributed by atoms with van der Waals surface area (Å²) in [5.74, 6) is -1.83. The molecule has 0 aliphatic rings. The number of anilines is 1. The first kappa shape index (κ1) is 16.1. The maximum Gasteiger partial charge on any atom is 0.341 e. The van der Waals surface area contributed by atoms with Crippen LogP contribution < -0.4 is 4.90 Å². The van der Waals surface area contributed by atoms with Crippen LogP contribution in [0.5, 0.6) is 0 Å². The number of hydrogen-bond acceptors (Lipinski definition) is 4. The van der Waals surface area contributed by atoms with Gasteiger partial charge in [-0.25, -0.2) is 13.6 Å². The van der Waals surface area contributed by atoms with E-state index in [1.54, 1.807) is 11.8 Å². The highest BCUT2D eigenvalue weighted by Crippen LogP contribution is 2.33. The third-order valence-electron chi connectivity index (χ3n) is 3.47. The third-order valence-corrected chi connectivity index (χ3v) is 3.47. The van der Waals surface area contributed by atoms with E-state index in [4.69, 9.17) is 4.74 Å². The fourth-order valence-corrected chi connectivity index (χ4v) is 2.44. The minimum absolute atomic E-state index is 0.00857. The van der Waals surface area contributed by atoms with Gasteiger partial charge in [-0.3, -0.25) is 4.98 Å². The molecule has 4 nitrogen and oxygen atoms in total. The minimum atomic E-state index is -0.625. The van der Waals surface area contributed by atoms with Crippen LogP contribution in [0.2, 0.25) is 0 Å². The van der Waals surface area contributed by atoms with Crippen molar-refractivity contribution in [3.8, 4) is 0 Å². The van der Waals surface area contributed by atoms with Crippen LogP contribution in [0.1, 0.15) is 31.1 Å². The van der Waals surface area contributed by atoms with Gasteiger partial charge in [0, 0.05) is 19.3 Å². The van der Waals surface area contributed by atoms with Gasteiger partial charge < -0.3 is 9.64 Å². The molecular formula is C16H18F2N2O2. The lowest BCUT2D eigenvalue weighted by Gasteiger charge is -2.25. The maximum atomic E-state index is 14.3. The predicted octanol–water partition coefficient (Wildman–Crippen LogP) is 3.54. The normalized spacial score (nSPS) is 10.8. The predicted molar refractivity (Wildman–Crippen MR) is 81.2 cm³/mol. The molecule has 0 radical (unpaired) electrons. The Labute approximate surface area is 127 Å². The number of aromatic nitrogens is 1. The smallest absolute Gasteiger partial charge is 0.341 e. The van der Waals surface area contributed by atoms with Gasteiger partial charge in [0.25, 0.3) is 0 Å². The van der Waals surface area contributed by atoms with Gasteiger partial charge in [0.2, 0.25) is 0 Å². The van der Waals surface area contributed by atoms with E-state index in [2.05, 4.69) is 4.98 Å². The topological polar surface area (TPSA) is 42.4 Å². The molecule has 6 heteroatoms. The van der Waals surface area contributed by atoms with Crippen molar-refractivity contribution >= 4 is 22.6 Å². The van der Waals surface area contributed by atoms with E-state index in [9.17, 15) is 13.6 Å². The molecule has 2 rings (SSSR count). The van der Waals surface area contributed by atoms with Crippen LogP contribution in [0.15, 0.2) is 18.3 Å². The first-order valence-electron chi connectivity index (χ1n) is 7.23. The summed E-state index contributed by atoms with van der Waals surface area (Å²) in [5, 5.41) is 0.00857. The van der Waals surface area contributed by atoms with E-state index in [1.807, 2.05) is 13.8 Å². The Kier molecular flexibility index (Phi) is 4.90. The molecule has 0 atom stereocenters. The molecule has 0 saturated carbocycles. The summed E-state index contributed by atoms with van der Waals surface area (Å²) in [6, 6.07) is 2.07. The lowest BCUT2D eigenvalue weighted by Crippen LogP contribution is -2.25. The van der Waals surface area contributed by atoms with Crippen LogP contribution in [0.4, 0.5) is 14.5 Å². The van der Waals surface area contributed by atoms with Gasteiger partial charge in [-0.15, -0.1) is 0 Å². The number of hydrogen-bond donors (Lipinski definition) is 0. The highest BCUT2D eigenvalue weighted by molar-refractivity contribution is 6.05. The molecule has 118 valence electrons. The first-order chi connectivity index (χ1) is 10.5. The average Bonchev–Trinajstić information content (AvgIpc) is 2.52. The molecule has 0 aliphatic carbocycles. The second kappa shape index (κ2) is 6.68. The van der Waals surface area contributed by atoms with Crippen LogP contribution in [0.25, 0.3) is 10.9 Å². The monoisotopic (exact) mass is 308 g/mol. The van der Waals surface area contributed by atoms with Crippen LogP contribution >= 0.6 is 0 Å². The van der Waals surface area contributed by atoms with Crippen molar-refractivity contribution in [2.24, 2.45) is 0 Å². The number of carbonyl (C=O) groups excluding carboxylic acids is 1. The molecule has 0 fully saturated rings. The summed E-state index contributed by atoms with van der Waals surface area (Å²) in [7, 11) is 0. The maximum absolute atomic E-state index is 14.3. The molecule has 2 aromatic rings. The van der Waals surface area contributed by atoms with E-state index in [0.717, 1.165) is 12.1 Å².